The number of hydrogen-bond donors (Lipinski definition) is 1. The summed E-state index contributed by atoms with van der Waals surface area (Å²) in [5.74, 6) is 0. The van der Waals surface area contributed by atoms with Crippen LogP contribution in [0.25, 0.3) is 0 Å². The minimum absolute atomic E-state index is 0.932. The van der Waals surface area contributed by atoms with Gasteiger partial charge in [0.05, 0.1) is 12.2 Å². The number of nitrogens with one attached hydrogen (secondary N) is 1. The molecule has 0 unspecified atom stereocenters. The van der Waals surface area contributed by atoms with Gasteiger partial charge in [-0.1, -0.05) is 19.1 Å². The average Bonchev–Trinajstić information content (AvgIpc) is 2.92. The molecule has 1 heterocycles. The first-order valence-corrected chi connectivity index (χ1v) is 8.60. The third-order valence-corrected chi connectivity index (χ3v) is 4.65. The second-order valence-electron chi connectivity index (χ2n) is 4.90. The van der Waals surface area contributed by atoms with E-state index in [1.807, 2.05) is 0 Å². The molecule has 0 amide bonds. The lowest BCUT2D eigenvalue weighted by molar-refractivity contribution is 0.675. The SMILES string of the molecule is CCCNCc1ccc(N(C)Cc2cccs2)c(Br)c1. The quantitative estimate of drug-likeness (QED) is 0.729. The number of hydrogen-bond acceptors (Lipinski definition) is 3. The summed E-state index contributed by atoms with van der Waals surface area (Å²) < 4.78 is 1.16. The van der Waals surface area contributed by atoms with E-state index in [9.17, 15) is 0 Å². The number of benzene rings is 1. The number of anilines is 1. The van der Waals surface area contributed by atoms with Gasteiger partial charge < -0.3 is 10.2 Å². The third-order valence-electron chi connectivity index (χ3n) is 3.15. The van der Waals surface area contributed by atoms with Crippen LogP contribution in [0.3, 0.4) is 0 Å². The van der Waals surface area contributed by atoms with Crippen molar-refractivity contribution in [2.45, 2.75) is 26.4 Å². The first-order valence-electron chi connectivity index (χ1n) is 6.93. The molecule has 2 aromatic rings. The Bertz CT molecular complexity index is 525. The number of rotatable bonds is 7. The van der Waals surface area contributed by atoms with E-state index in [-0.39, 0.29) is 0 Å². The molecule has 0 radical (unpaired) electrons. The highest BCUT2D eigenvalue weighted by Gasteiger charge is 2.07. The average molecular weight is 353 g/mol. The molecule has 1 N–H and O–H groups in total. The van der Waals surface area contributed by atoms with Crippen molar-refractivity contribution in [3.63, 3.8) is 0 Å². The van der Waals surface area contributed by atoms with Crippen LogP contribution in [0.15, 0.2) is 40.2 Å². The Morgan fingerprint density at radius 2 is 2.15 bits per heavy atom. The number of nitrogens with zero attached hydrogens (tertiary/aromatic N) is 1. The van der Waals surface area contributed by atoms with Crippen LogP contribution < -0.4 is 10.2 Å². The van der Waals surface area contributed by atoms with Crippen molar-refractivity contribution in [1.82, 2.24) is 5.32 Å². The second-order valence-corrected chi connectivity index (χ2v) is 6.78. The van der Waals surface area contributed by atoms with Gasteiger partial charge >= 0.3 is 0 Å². The normalized spacial score (nSPS) is 10.8. The highest BCUT2D eigenvalue weighted by molar-refractivity contribution is 9.10. The molecule has 108 valence electrons. The molecule has 0 aliphatic heterocycles. The van der Waals surface area contributed by atoms with Gasteiger partial charge in [0.1, 0.15) is 0 Å². The summed E-state index contributed by atoms with van der Waals surface area (Å²) in [6, 6.07) is 10.9. The van der Waals surface area contributed by atoms with Gasteiger partial charge in [-0.25, -0.2) is 0 Å². The van der Waals surface area contributed by atoms with Gasteiger partial charge in [-0.2, -0.15) is 0 Å². The van der Waals surface area contributed by atoms with Crippen LogP contribution in [0.4, 0.5) is 5.69 Å². The molecule has 20 heavy (non-hydrogen) atoms. The second kappa shape index (κ2) is 7.81. The lowest BCUT2D eigenvalue weighted by atomic mass is 10.2. The van der Waals surface area contributed by atoms with Crippen molar-refractivity contribution in [2.75, 3.05) is 18.5 Å². The Morgan fingerprint density at radius 1 is 1.30 bits per heavy atom. The van der Waals surface area contributed by atoms with Crippen LogP contribution in [-0.4, -0.2) is 13.6 Å². The van der Waals surface area contributed by atoms with E-state index in [4.69, 9.17) is 0 Å². The van der Waals surface area contributed by atoms with E-state index in [0.29, 0.717) is 0 Å². The highest BCUT2D eigenvalue weighted by atomic mass is 79.9. The molecular formula is C16H21BrN2S. The zero-order valence-corrected chi connectivity index (χ0v) is 14.4. The van der Waals surface area contributed by atoms with Gasteiger partial charge in [0.2, 0.25) is 0 Å². The predicted molar refractivity (Wildman–Crippen MR) is 92.6 cm³/mol. The minimum Gasteiger partial charge on any atom is -0.369 e. The Morgan fingerprint density at radius 3 is 2.80 bits per heavy atom. The van der Waals surface area contributed by atoms with Gasteiger partial charge in [-0.05, 0) is 58.0 Å². The molecule has 1 aromatic carbocycles. The maximum absolute atomic E-state index is 3.69. The number of halogens is 1. The molecule has 2 nitrogen and oxygen atoms in total. The van der Waals surface area contributed by atoms with E-state index in [1.54, 1.807) is 11.3 Å². The largest absolute Gasteiger partial charge is 0.369 e. The summed E-state index contributed by atoms with van der Waals surface area (Å²) in [7, 11) is 2.13. The van der Waals surface area contributed by atoms with Crippen LogP contribution in [0, 0.1) is 0 Å². The van der Waals surface area contributed by atoms with Crippen LogP contribution in [-0.2, 0) is 13.1 Å². The van der Waals surface area contributed by atoms with Crippen molar-refractivity contribution in [3.05, 3.63) is 50.6 Å². The first-order chi connectivity index (χ1) is 9.70. The molecule has 0 aliphatic rings. The van der Waals surface area contributed by atoms with Gasteiger partial charge in [0.15, 0.2) is 0 Å². The minimum atomic E-state index is 0.932. The number of thiophene rings is 1. The lowest BCUT2D eigenvalue weighted by Crippen LogP contribution is -2.17. The molecule has 1 aromatic heterocycles. The van der Waals surface area contributed by atoms with Crippen molar-refractivity contribution in [1.29, 1.82) is 0 Å². The Labute approximate surface area is 133 Å². The molecule has 0 saturated carbocycles. The molecule has 0 aliphatic carbocycles. The summed E-state index contributed by atoms with van der Waals surface area (Å²) in [4.78, 5) is 3.66. The van der Waals surface area contributed by atoms with Crippen LogP contribution in [0.5, 0.6) is 0 Å². The third kappa shape index (κ3) is 4.33. The van der Waals surface area contributed by atoms with Gasteiger partial charge in [-0.15, -0.1) is 11.3 Å². The van der Waals surface area contributed by atoms with Gasteiger partial charge in [0.25, 0.3) is 0 Å². The molecule has 0 fully saturated rings. The van der Waals surface area contributed by atoms with Crippen LogP contribution in [0.1, 0.15) is 23.8 Å². The van der Waals surface area contributed by atoms with E-state index >= 15 is 0 Å². The molecule has 0 spiro atoms. The summed E-state index contributed by atoms with van der Waals surface area (Å²) in [6.45, 7) is 5.13. The fourth-order valence-corrected chi connectivity index (χ4v) is 3.59. The highest BCUT2D eigenvalue weighted by Crippen LogP contribution is 2.28. The maximum Gasteiger partial charge on any atom is 0.0519 e. The van der Waals surface area contributed by atoms with Crippen molar-refractivity contribution in [2.24, 2.45) is 0 Å². The van der Waals surface area contributed by atoms with Crippen LogP contribution in [0.2, 0.25) is 0 Å². The molecule has 2 rings (SSSR count). The Hall–Kier alpha value is -0.840. The van der Waals surface area contributed by atoms with E-state index < -0.39 is 0 Å². The first kappa shape index (κ1) is 15.5. The summed E-state index contributed by atoms with van der Waals surface area (Å²) >= 11 is 5.50. The molecule has 0 bridgehead atoms. The fraction of sp³-hybridized carbons (Fsp3) is 0.375. The fourth-order valence-electron chi connectivity index (χ4n) is 2.10. The zero-order chi connectivity index (χ0) is 14.4. The zero-order valence-electron chi connectivity index (χ0n) is 12.0. The van der Waals surface area contributed by atoms with Crippen molar-refractivity contribution < 1.29 is 0 Å². The maximum atomic E-state index is 3.69. The van der Waals surface area contributed by atoms with Crippen molar-refractivity contribution >= 4 is 33.0 Å². The molecule has 4 heteroatoms. The predicted octanol–water partition coefficient (Wildman–Crippen LogP) is 4.65. The monoisotopic (exact) mass is 352 g/mol. The summed E-state index contributed by atoms with van der Waals surface area (Å²) in [5.41, 5.74) is 2.55. The van der Waals surface area contributed by atoms with E-state index in [0.717, 1.165) is 24.1 Å². The topological polar surface area (TPSA) is 15.3 Å². The lowest BCUT2D eigenvalue weighted by Gasteiger charge is -2.20. The van der Waals surface area contributed by atoms with E-state index in [1.165, 1.54) is 22.5 Å². The molecular weight excluding hydrogens is 332 g/mol. The smallest absolute Gasteiger partial charge is 0.0519 e. The summed E-state index contributed by atoms with van der Waals surface area (Å²) in [5, 5.41) is 5.56. The Kier molecular flexibility index (Phi) is 6.07. The van der Waals surface area contributed by atoms with Gasteiger partial charge in [-0.3, -0.25) is 0 Å². The summed E-state index contributed by atoms with van der Waals surface area (Å²) in [6.07, 6.45) is 1.17. The van der Waals surface area contributed by atoms with Gasteiger partial charge in [0, 0.05) is 22.9 Å². The molecule has 0 saturated heterocycles. The standard InChI is InChI=1S/C16H21BrN2S/c1-3-8-18-11-13-6-7-16(15(17)10-13)19(2)12-14-5-4-9-20-14/h4-7,9-10,18H,3,8,11-12H2,1-2H3. The molecule has 0 atom stereocenters. The van der Waals surface area contributed by atoms with Crippen molar-refractivity contribution in [3.8, 4) is 0 Å². The van der Waals surface area contributed by atoms with E-state index in [2.05, 4.69) is 75.8 Å². The Balaban J connectivity index is 2.01. The van der Waals surface area contributed by atoms with Crippen LogP contribution >= 0.6 is 27.3 Å².